The maximum Gasteiger partial charge on any atom is 0.319 e. The normalized spacial score (nSPS) is 22.0. The molecule has 138 valence electrons. The van der Waals surface area contributed by atoms with Crippen LogP contribution in [0.25, 0.3) is 0 Å². The summed E-state index contributed by atoms with van der Waals surface area (Å²) < 4.78 is 12.2. The summed E-state index contributed by atoms with van der Waals surface area (Å²) in [4.78, 5) is 24.3. The average molecular weight is 349 g/mol. The van der Waals surface area contributed by atoms with E-state index in [-0.39, 0.29) is 23.0 Å². The van der Waals surface area contributed by atoms with E-state index in [1.165, 1.54) is 23.5 Å². The van der Waals surface area contributed by atoms with Crippen molar-refractivity contribution in [2.45, 2.75) is 44.7 Å². The van der Waals surface area contributed by atoms with E-state index in [1.54, 1.807) is 19.4 Å². The van der Waals surface area contributed by atoms with Gasteiger partial charge in [0, 0.05) is 44.0 Å². The van der Waals surface area contributed by atoms with Crippen LogP contribution in [0.3, 0.4) is 0 Å². The van der Waals surface area contributed by atoms with Crippen molar-refractivity contribution in [1.29, 1.82) is 0 Å². The van der Waals surface area contributed by atoms with Crippen molar-refractivity contribution in [2.75, 3.05) is 32.2 Å². The first-order valence-corrected chi connectivity index (χ1v) is 8.98. The van der Waals surface area contributed by atoms with Crippen LogP contribution < -0.4 is 16.2 Å². The molecule has 1 aromatic heterocycles. The molecule has 2 fully saturated rings. The highest BCUT2D eigenvalue weighted by Crippen LogP contribution is 2.44. The molecule has 1 unspecified atom stereocenters. The fourth-order valence-corrected chi connectivity index (χ4v) is 3.98. The Balaban J connectivity index is 1.63. The van der Waals surface area contributed by atoms with Gasteiger partial charge in [-0.05, 0) is 25.3 Å². The van der Waals surface area contributed by atoms with Gasteiger partial charge < -0.3 is 24.7 Å². The van der Waals surface area contributed by atoms with Crippen LogP contribution in [-0.2, 0) is 16.0 Å². The van der Waals surface area contributed by atoms with Gasteiger partial charge in [0.25, 0.3) is 5.56 Å². The smallest absolute Gasteiger partial charge is 0.319 e. The van der Waals surface area contributed by atoms with E-state index in [1.807, 2.05) is 0 Å². The second kappa shape index (κ2) is 8.01. The van der Waals surface area contributed by atoms with Gasteiger partial charge in [-0.1, -0.05) is 12.8 Å². The fraction of sp³-hybridized carbons (Fsp3) is 0.667. The Labute approximate surface area is 147 Å². The zero-order valence-corrected chi connectivity index (χ0v) is 14.8. The summed E-state index contributed by atoms with van der Waals surface area (Å²) in [5, 5.41) is 5.98. The Morgan fingerprint density at radius 1 is 1.40 bits per heavy atom. The maximum atomic E-state index is 12.5. The number of nitrogens with zero attached hydrogens (tertiary/aromatic N) is 1. The highest BCUT2D eigenvalue weighted by Gasteiger charge is 2.44. The van der Waals surface area contributed by atoms with Crippen molar-refractivity contribution in [3.05, 3.63) is 28.7 Å². The highest BCUT2D eigenvalue weighted by atomic mass is 16.5. The van der Waals surface area contributed by atoms with Gasteiger partial charge >= 0.3 is 6.03 Å². The van der Waals surface area contributed by atoms with Gasteiger partial charge in [-0.25, -0.2) is 4.79 Å². The Kier molecular flexibility index (Phi) is 5.75. The van der Waals surface area contributed by atoms with Crippen LogP contribution >= 0.6 is 0 Å². The molecule has 1 aromatic rings. The minimum absolute atomic E-state index is 0.0901. The quantitative estimate of drug-likeness (QED) is 0.851. The van der Waals surface area contributed by atoms with Crippen molar-refractivity contribution in [2.24, 2.45) is 5.41 Å². The van der Waals surface area contributed by atoms with Crippen molar-refractivity contribution in [3.8, 4) is 0 Å². The average Bonchev–Trinajstić information content (AvgIpc) is 3.07. The standard InChI is InChI=1S/C18H27N3O4/c1-24-11-9-21-12-14(4-5-16(21)22)19-17(23)20-15-6-10-25-13-18(15)7-2-3-8-18/h4-5,12,15H,2-3,6-11,13H2,1H3,(H2,19,20,23). The van der Waals surface area contributed by atoms with Crippen LogP contribution in [0.5, 0.6) is 0 Å². The van der Waals surface area contributed by atoms with E-state index in [9.17, 15) is 9.59 Å². The van der Waals surface area contributed by atoms with Gasteiger partial charge in [-0.2, -0.15) is 0 Å². The third kappa shape index (κ3) is 4.22. The lowest BCUT2D eigenvalue weighted by molar-refractivity contribution is -0.0259. The lowest BCUT2D eigenvalue weighted by atomic mass is 9.76. The van der Waals surface area contributed by atoms with Gasteiger partial charge in [0.1, 0.15) is 0 Å². The second-order valence-corrected chi connectivity index (χ2v) is 7.00. The fourth-order valence-electron chi connectivity index (χ4n) is 3.98. The molecule has 1 spiro atoms. The summed E-state index contributed by atoms with van der Waals surface area (Å²) in [6.07, 6.45) is 7.12. The number of aromatic nitrogens is 1. The van der Waals surface area contributed by atoms with E-state index < -0.39 is 0 Å². The Morgan fingerprint density at radius 3 is 2.96 bits per heavy atom. The third-order valence-electron chi connectivity index (χ3n) is 5.36. The number of hydrogen-bond donors (Lipinski definition) is 2. The van der Waals surface area contributed by atoms with E-state index in [0.29, 0.717) is 25.4 Å². The first kappa shape index (κ1) is 17.9. The second-order valence-electron chi connectivity index (χ2n) is 7.00. The molecule has 0 bridgehead atoms. The molecule has 1 saturated heterocycles. The molecular formula is C18H27N3O4. The Morgan fingerprint density at radius 2 is 2.20 bits per heavy atom. The SMILES string of the molecule is COCCn1cc(NC(=O)NC2CCOCC23CCCC3)ccc1=O. The van der Waals surface area contributed by atoms with E-state index >= 15 is 0 Å². The van der Waals surface area contributed by atoms with Crippen molar-refractivity contribution in [1.82, 2.24) is 9.88 Å². The summed E-state index contributed by atoms with van der Waals surface area (Å²) in [5.41, 5.74) is 0.574. The number of nitrogens with one attached hydrogen (secondary N) is 2. The number of carbonyl (C=O) groups excluding carboxylic acids is 1. The molecule has 7 nitrogen and oxygen atoms in total. The molecule has 2 amide bonds. The minimum Gasteiger partial charge on any atom is -0.383 e. The topological polar surface area (TPSA) is 81.6 Å². The zero-order chi connectivity index (χ0) is 17.7. The molecule has 1 saturated carbocycles. The molecular weight excluding hydrogens is 322 g/mol. The molecule has 2 heterocycles. The summed E-state index contributed by atoms with van der Waals surface area (Å²) in [6.45, 7) is 2.32. The van der Waals surface area contributed by atoms with Gasteiger partial charge in [0.05, 0.1) is 18.9 Å². The molecule has 0 radical (unpaired) electrons. The van der Waals surface area contributed by atoms with Crippen molar-refractivity contribution < 1.29 is 14.3 Å². The van der Waals surface area contributed by atoms with Gasteiger partial charge in [0.2, 0.25) is 0 Å². The number of urea groups is 1. The molecule has 3 rings (SSSR count). The van der Waals surface area contributed by atoms with Crippen molar-refractivity contribution >= 4 is 11.7 Å². The lowest BCUT2D eigenvalue weighted by Crippen LogP contribution is -2.53. The van der Waals surface area contributed by atoms with Crippen LogP contribution in [-0.4, -0.2) is 43.6 Å². The summed E-state index contributed by atoms with van der Waals surface area (Å²) in [5.74, 6) is 0. The van der Waals surface area contributed by atoms with E-state index in [2.05, 4.69) is 10.6 Å². The van der Waals surface area contributed by atoms with Crippen molar-refractivity contribution in [3.63, 3.8) is 0 Å². The summed E-state index contributed by atoms with van der Waals surface area (Å²) >= 11 is 0. The van der Waals surface area contributed by atoms with Crippen LogP contribution in [0, 0.1) is 5.41 Å². The monoisotopic (exact) mass is 349 g/mol. The predicted octanol–water partition coefficient (Wildman–Crippen LogP) is 1.97. The number of amides is 2. The number of carbonyl (C=O) groups is 1. The van der Waals surface area contributed by atoms with Gasteiger partial charge in [-0.3, -0.25) is 4.79 Å². The minimum atomic E-state index is -0.227. The Hall–Kier alpha value is -1.86. The lowest BCUT2D eigenvalue weighted by Gasteiger charge is -2.41. The molecule has 7 heteroatoms. The van der Waals surface area contributed by atoms with Crippen LogP contribution in [0.4, 0.5) is 10.5 Å². The Bertz CT molecular complexity index is 652. The zero-order valence-electron chi connectivity index (χ0n) is 14.8. The highest BCUT2D eigenvalue weighted by molar-refractivity contribution is 5.89. The summed E-state index contributed by atoms with van der Waals surface area (Å²) in [7, 11) is 1.59. The number of ether oxygens (including phenoxy) is 2. The number of anilines is 1. The van der Waals surface area contributed by atoms with E-state index in [4.69, 9.17) is 9.47 Å². The molecule has 25 heavy (non-hydrogen) atoms. The van der Waals surface area contributed by atoms with Crippen LogP contribution in [0.15, 0.2) is 23.1 Å². The molecule has 1 atom stereocenters. The summed E-state index contributed by atoms with van der Waals surface area (Å²) in [6, 6.07) is 3.00. The number of pyridine rings is 1. The van der Waals surface area contributed by atoms with Gasteiger partial charge in [-0.15, -0.1) is 0 Å². The first-order valence-electron chi connectivity index (χ1n) is 8.98. The number of hydrogen-bond acceptors (Lipinski definition) is 4. The number of methoxy groups -OCH3 is 1. The molecule has 2 aliphatic rings. The van der Waals surface area contributed by atoms with E-state index in [0.717, 1.165) is 25.9 Å². The molecule has 0 aromatic carbocycles. The van der Waals surface area contributed by atoms with Gasteiger partial charge in [0.15, 0.2) is 0 Å². The maximum absolute atomic E-state index is 12.5. The third-order valence-corrected chi connectivity index (χ3v) is 5.36. The predicted molar refractivity (Wildman–Crippen MR) is 94.9 cm³/mol. The molecule has 2 N–H and O–H groups in total. The molecule has 1 aliphatic heterocycles. The molecule has 1 aliphatic carbocycles. The first-order chi connectivity index (χ1) is 12.1. The number of rotatable bonds is 5. The largest absolute Gasteiger partial charge is 0.383 e. The van der Waals surface area contributed by atoms with Crippen LogP contribution in [0.2, 0.25) is 0 Å². The van der Waals surface area contributed by atoms with Crippen LogP contribution in [0.1, 0.15) is 32.1 Å².